The molecule has 18 heavy (non-hydrogen) atoms. The second-order valence-corrected chi connectivity index (χ2v) is 4.94. The third-order valence-electron chi connectivity index (χ3n) is 3.31. The lowest BCUT2D eigenvalue weighted by Gasteiger charge is -2.32. The Hall–Kier alpha value is -1.10. The Balaban J connectivity index is 2.12. The Bertz CT molecular complexity index is 382. The minimum atomic E-state index is 0.123. The van der Waals surface area contributed by atoms with E-state index in [1.165, 1.54) is 5.56 Å². The molecule has 3 N–H and O–H groups in total. The maximum Gasteiger partial charge on any atom is 0.122 e. The SMILES string of the molecule is CC(C)OCC(NN)C1CCOc2ccccc21. The molecule has 1 aliphatic rings. The summed E-state index contributed by atoms with van der Waals surface area (Å²) in [5.41, 5.74) is 4.11. The first kappa shape index (κ1) is 13.3. The number of hydrogen-bond donors (Lipinski definition) is 2. The van der Waals surface area contributed by atoms with E-state index in [0.717, 1.165) is 18.8 Å². The molecular formula is C14H22N2O2. The summed E-state index contributed by atoms with van der Waals surface area (Å²) in [7, 11) is 0. The fraction of sp³-hybridized carbons (Fsp3) is 0.571. The number of rotatable bonds is 5. The van der Waals surface area contributed by atoms with Crippen molar-refractivity contribution in [2.45, 2.75) is 38.3 Å². The highest BCUT2D eigenvalue weighted by atomic mass is 16.5. The van der Waals surface area contributed by atoms with Crippen LogP contribution < -0.4 is 16.0 Å². The third-order valence-corrected chi connectivity index (χ3v) is 3.31. The van der Waals surface area contributed by atoms with Crippen LogP contribution in [-0.4, -0.2) is 25.4 Å². The second kappa shape index (κ2) is 6.18. The molecule has 0 aliphatic carbocycles. The van der Waals surface area contributed by atoms with E-state index in [4.69, 9.17) is 15.3 Å². The molecule has 1 aliphatic heterocycles. The molecule has 1 aromatic carbocycles. The molecule has 1 heterocycles. The first-order valence-electron chi connectivity index (χ1n) is 6.52. The normalized spacial score (nSPS) is 20.3. The largest absolute Gasteiger partial charge is 0.493 e. The van der Waals surface area contributed by atoms with Crippen molar-refractivity contribution in [3.8, 4) is 5.75 Å². The maximum absolute atomic E-state index is 5.68. The van der Waals surface area contributed by atoms with Gasteiger partial charge in [-0.1, -0.05) is 18.2 Å². The van der Waals surface area contributed by atoms with Crippen molar-refractivity contribution >= 4 is 0 Å². The lowest BCUT2D eigenvalue weighted by atomic mass is 9.87. The van der Waals surface area contributed by atoms with Crippen LogP contribution in [0, 0.1) is 0 Å². The Labute approximate surface area is 108 Å². The van der Waals surface area contributed by atoms with Crippen molar-refractivity contribution in [2.75, 3.05) is 13.2 Å². The Morgan fingerprint density at radius 2 is 2.22 bits per heavy atom. The summed E-state index contributed by atoms with van der Waals surface area (Å²) in [5, 5.41) is 0. The monoisotopic (exact) mass is 250 g/mol. The van der Waals surface area contributed by atoms with Gasteiger partial charge in [0.1, 0.15) is 5.75 Å². The quantitative estimate of drug-likeness (QED) is 0.618. The van der Waals surface area contributed by atoms with Crippen molar-refractivity contribution in [2.24, 2.45) is 5.84 Å². The van der Waals surface area contributed by atoms with Crippen molar-refractivity contribution in [3.63, 3.8) is 0 Å². The van der Waals surface area contributed by atoms with Crippen LogP contribution in [0.25, 0.3) is 0 Å². The molecule has 0 saturated carbocycles. The number of hydrogen-bond acceptors (Lipinski definition) is 4. The molecule has 0 bridgehead atoms. The van der Waals surface area contributed by atoms with Crippen LogP contribution >= 0.6 is 0 Å². The van der Waals surface area contributed by atoms with E-state index >= 15 is 0 Å². The molecule has 1 aromatic rings. The highest BCUT2D eigenvalue weighted by molar-refractivity contribution is 5.38. The van der Waals surface area contributed by atoms with Gasteiger partial charge in [-0.25, -0.2) is 0 Å². The Morgan fingerprint density at radius 3 is 2.94 bits per heavy atom. The van der Waals surface area contributed by atoms with Crippen molar-refractivity contribution in [1.82, 2.24) is 5.43 Å². The summed E-state index contributed by atoms with van der Waals surface area (Å²) >= 11 is 0. The van der Waals surface area contributed by atoms with Gasteiger partial charge in [-0.3, -0.25) is 11.3 Å². The van der Waals surface area contributed by atoms with Gasteiger partial charge in [0.2, 0.25) is 0 Å². The van der Waals surface area contributed by atoms with E-state index in [0.29, 0.717) is 12.5 Å². The number of nitrogens with one attached hydrogen (secondary N) is 1. The zero-order chi connectivity index (χ0) is 13.0. The number of hydrazine groups is 1. The van der Waals surface area contributed by atoms with Gasteiger partial charge in [0, 0.05) is 5.92 Å². The summed E-state index contributed by atoms with van der Waals surface area (Å²) in [4.78, 5) is 0. The molecule has 0 fully saturated rings. The summed E-state index contributed by atoms with van der Waals surface area (Å²) in [6.07, 6.45) is 1.18. The molecule has 2 rings (SSSR count). The van der Waals surface area contributed by atoms with Gasteiger partial charge >= 0.3 is 0 Å². The van der Waals surface area contributed by atoms with Crippen LogP contribution in [0.15, 0.2) is 24.3 Å². The zero-order valence-corrected chi connectivity index (χ0v) is 11.1. The molecule has 4 nitrogen and oxygen atoms in total. The molecule has 100 valence electrons. The van der Waals surface area contributed by atoms with E-state index < -0.39 is 0 Å². The summed E-state index contributed by atoms with van der Waals surface area (Å²) in [6, 6.07) is 8.28. The van der Waals surface area contributed by atoms with Crippen LogP contribution in [0.3, 0.4) is 0 Å². The van der Waals surface area contributed by atoms with Crippen molar-refractivity contribution in [3.05, 3.63) is 29.8 Å². The lowest BCUT2D eigenvalue weighted by molar-refractivity contribution is 0.0518. The van der Waals surface area contributed by atoms with Crippen LogP contribution in [0.5, 0.6) is 5.75 Å². The van der Waals surface area contributed by atoms with Gasteiger partial charge < -0.3 is 9.47 Å². The van der Waals surface area contributed by atoms with Gasteiger partial charge in [-0.2, -0.15) is 0 Å². The van der Waals surface area contributed by atoms with Gasteiger partial charge in [-0.15, -0.1) is 0 Å². The van der Waals surface area contributed by atoms with E-state index in [2.05, 4.69) is 11.5 Å². The molecule has 0 radical (unpaired) electrons. The number of fused-ring (bicyclic) bond motifs is 1. The molecule has 0 saturated heterocycles. The first-order valence-corrected chi connectivity index (χ1v) is 6.52. The first-order chi connectivity index (χ1) is 8.72. The number of ether oxygens (including phenoxy) is 2. The van der Waals surface area contributed by atoms with Gasteiger partial charge in [0.25, 0.3) is 0 Å². The molecule has 2 unspecified atom stereocenters. The summed E-state index contributed by atoms with van der Waals surface area (Å²) < 4.78 is 11.3. The maximum atomic E-state index is 5.68. The molecule has 4 heteroatoms. The van der Waals surface area contributed by atoms with Crippen molar-refractivity contribution < 1.29 is 9.47 Å². The fourth-order valence-corrected chi connectivity index (χ4v) is 2.36. The van der Waals surface area contributed by atoms with Crippen LogP contribution in [0.1, 0.15) is 31.7 Å². The average Bonchev–Trinajstić information content (AvgIpc) is 2.39. The van der Waals surface area contributed by atoms with Crippen LogP contribution in [0.4, 0.5) is 0 Å². The van der Waals surface area contributed by atoms with Gasteiger partial charge in [0.05, 0.1) is 25.4 Å². The predicted molar refractivity (Wildman–Crippen MR) is 71.5 cm³/mol. The van der Waals surface area contributed by atoms with E-state index in [1.54, 1.807) is 0 Å². The topological polar surface area (TPSA) is 56.5 Å². The molecule has 2 atom stereocenters. The molecular weight excluding hydrogens is 228 g/mol. The summed E-state index contributed by atoms with van der Waals surface area (Å²) in [5.74, 6) is 6.99. The number of benzene rings is 1. The minimum Gasteiger partial charge on any atom is -0.493 e. The Morgan fingerprint density at radius 1 is 1.44 bits per heavy atom. The van der Waals surface area contributed by atoms with Gasteiger partial charge in [0.15, 0.2) is 0 Å². The zero-order valence-electron chi connectivity index (χ0n) is 11.1. The van der Waals surface area contributed by atoms with E-state index in [1.807, 2.05) is 32.0 Å². The summed E-state index contributed by atoms with van der Waals surface area (Å²) in [6.45, 7) is 5.42. The van der Waals surface area contributed by atoms with E-state index in [-0.39, 0.29) is 12.1 Å². The lowest BCUT2D eigenvalue weighted by Crippen LogP contribution is -2.45. The van der Waals surface area contributed by atoms with Gasteiger partial charge in [-0.05, 0) is 31.9 Å². The smallest absolute Gasteiger partial charge is 0.122 e. The number of para-hydroxylation sites is 1. The fourth-order valence-electron chi connectivity index (χ4n) is 2.36. The van der Waals surface area contributed by atoms with Crippen LogP contribution in [-0.2, 0) is 4.74 Å². The molecule has 0 aromatic heterocycles. The molecule has 0 spiro atoms. The average molecular weight is 250 g/mol. The van der Waals surface area contributed by atoms with E-state index in [9.17, 15) is 0 Å². The third kappa shape index (κ3) is 3.02. The molecule has 0 amide bonds. The second-order valence-electron chi connectivity index (χ2n) is 4.94. The Kier molecular flexibility index (Phi) is 4.58. The van der Waals surface area contributed by atoms with Crippen LogP contribution in [0.2, 0.25) is 0 Å². The van der Waals surface area contributed by atoms with Crippen molar-refractivity contribution in [1.29, 1.82) is 0 Å². The predicted octanol–water partition coefficient (Wildman–Crippen LogP) is 1.81. The highest BCUT2D eigenvalue weighted by Gasteiger charge is 2.28. The number of nitrogens with two attached hydrogens (primary N) is 1. The standard InChI is InChI=1S/C14H22N2O2/c1-10(2)18-9-13(16-15)11-7-8-17-14-6-4-3-5-12(11)14/h3-6,10-11,13,16H,7-9,15H2,1-2H3. The minimum absolute atomic E-state index is 0.123. The highest BCUT2D eigenvalue weighted by Crippen LogP contribution is 2.35.